The van der Waals surface area contributed by atoms with Crippen LogP contribution in [0.5, 0.6) is 0 Å². The fourth-order valence-electron chi connectivity index (χ4n) is 3.15. The summed E-state index contributed by atoms with van der Waals surface area (Å²) >= 11 is 0. The van der Waals surface area contributed by atoms with Gasteiger partial charge in [-0.25, -0.2) is 8.78 Å². The number of amides is 1. The van der Waals surface area contributed by atoms with Crippen molar-refractivity contribution in [3.05, 3.63) is 35.4 Å². The van der Waals surface area contributed by atoms with Crippen LogP contribution < -0.4 is 5.32 Å². The quantitative estimate of drug-likeness (QED) is 0.888. The Balaban J connectivity index is 1.68. The second-order valence-corrected chi connectivity index (χ2v) is 6.09. The van der Waals surface area contributed by atoms with Gasteiger partial charge in [0.05, 0.1) is 18.1 Å². The molecule has 2 saturated heterocycles. The van der Waals surface area contributed by atoms with Crippen molar-refractivity contribution in [3.8, 4) is 0 Å². The zero-order chi connectivity index (χ0) is 16.1. The van der Waals surface area contributed by atoms with Crippen LogP contribution >= 0.6 is 0 Å². The molecule has 2 heterocycles. The monoisotopic (exact) mass is 311 g/mol. The van der Waals surface area contributed by atoms with E-state index in [0.29, 0.717) is 5.56 Å². The lowest BCUT2D eigenvalue weighted by atomic mass is 9.62. The minimum Gasteiger partial charge on any atom is -0.481 e. The van der Waals surface area contributed by atoms with Crippen LogP contribution in [0.4, 0.5) is 8.78 Å². The zero-order valence-corrected chi connectivity index (χ0v) is 11.9. The van der Waals surface area contributed by atoms with E-state index < -0.39 is 40.6 Å². The van der Waals surface area contributed by atoms with E-state index in [1.165, 1.54) is 6.07 Å². The number of carboxylic acids is 1. The standard InChI is InChI=1S/C15H15F2NO4/c1-8(9-2-3-10(16)11(17)4-9)18-12(19)15-5-14(6-15,7-22-15)13(20)21/h2-4,8H,5-7H2,1H3,(H,18,19)(H,20,21). The van der Waals surface area contributed by atoms with E-state index in [1.807, 2.05) is 0 Å². The van der Waals surface area contributed by atoms with Gasteiger partial charge in [0.1, 0.15) is 5.60 Å². The molecular formula is C15H15F2NO4. The largest absolute Gasteiger partial charge is 0.481 e. The first-order chi connectivity index (χ1) is 10.3. The molecule has 3 aliphatic rings. The van der Waals surface area contributed by atoms with Crippen LogP contribution in [0.2, 0.25) is 0 Å². The van der Waals surface area contributed by atoms with Crippen LogP contribution in [-0.4, -0.2) is 29.2 Å². The molecule has 2 aliphatic heterocycles. The lowest BCUT2D eigenvalue weighted by molar-refractivity contribution is -0.158. The number of benzene rings is 1. The second kappa shape index (κ2) is 4.74. The maximum absolute atomic E-state index is 13.2. The molecule has 22 heavy (non-hydrogen) atoms. The summed E-state index contributed by atoms with van der Waals surface area (Å²) in [5, 5.41) is 11.8. The lowest BCUT2D eigenvalue weighted by Crippen LogP contribution is -2.57. The van der Waals surface area contributed by atoms with Gasteiger partial charge in [-0.15, -0.1) is 0 Å². The first-order valence-electron chi connectivity index (χ1n) is 6.91. The van der Waals surface area contributed by atoms with Gasteiger partial charge in [0, 0.05) is 12.8 Å². The molecule has 1 aliphatic carbocycles. The highest BCUT2D eigenvalue weighted by Gasteiger charge is 2.70. The summed E-state index contributed by atoms with van der Waals surface area (Å²) in [5.41, 5.74) is -1.64. The van der Waals surface area contributed by atoms with Crippen LogP contribution in [0.25, 0.3) is 0 Å². The summed E-state index contributed by atoms with van der Waals surface area (Å²) in [5.74, 6) is -3.31. The number of carbonyl (C=O) groups is 2. The molecule has 118 valence electrons. The summed E-state index contributed by atoms with van der Waals surface area (Å²) in [4.78, 5) is 23.5. The number of ether oxygens (including phenoxy) is 1. The van der Waals surface area contributed by atoms with Gasteiger partial charge in [-0.2, -0.15) is 0 Å². The molecule has 0 aromatic heterocycles. The number of rotatable bonds is 4. The highest BCUT2D eigenvalue weighted by molar-refractivity contribution is 5.92. The average Bonchev–Trinajstić information content (AvgIpc) is 2.99. The van der Waals surface area contributed by atoms with Gasteiger partial charge in [-0.05, 0) is 24.6 Å². The highest BCUT2D eigenvalue weighted by Crippen LogP contribution is 2.58. The van der Waals surface area contributed by atoms with E-state index in [2.05, 4.69) is 5.32 Å². The number of nitrogens with one attached hydrogen (secondary N) is 1. The van der Waals surface area contributed by atoms with Crippen LogP contribution in [0.15, 0.2) is 18.2 Å². The first kappa shape index (κ1) is 14.9. The van der Waals surface area contributed by atoms with Crippen molar-refractivity contribution >= 4 is 11.9 Å². The summed E-state index contributed by atoms with van der Waals surface area (Å²) in [6, 6.07) is 2.87. The molecule has 1 aromatic carbocycles. The van der Waals surface area contributed by atoms with E-state index in [0.717, 1.165) is 12.1 Å². The Morgan fingerprint density at radius 1 is 1.32 bits per heavy atom. The van der Waals surface area contributed by atoms with Gasteiger partial charge in [-0.3, -0.25) is 9.59 Å². The number of carbonyl (C=O) groups excluding carboxylic acids is 1. The van der Waals surface area contributed by atoms with Crippen LogP contribution in [0.1, 0.15) is 31.4 Å². The molecule has 4 rings (SSSR count). The zero-order valence-electron chi connectivity index (χ0n) is 11.9. The SMILES string of the molecule is CC(NC(=O)C12CC(C(=O)O)(CO1)C2)c1ccc(F)c(F)c1. The van der Waals surface area contributed by atoms with Gasteiger partial charge in [-0.1, -0.05) is 6.07 Å². The molecule has 5 nitrogen and oxygen atoms in total. The molecule has 7 heteroatoms. The minimum absolute atomic E-state index is 0.0231. The third-order valence-corrected chi connectivity index (χ3v) is 4.53. The van der Waals surface area contributed by atoms with Crippen molar-refractivity contribution in [2.75, 3.05) is 6.61 Å². The average molecular weight is 311 g/mol. The van der Waals surface area contributed by atoms with E-state index in [9.17, 15) is 18.4 Å². The van der Waals surface area contributed by atoms with Gasteiger partial charge in [0.15, 0.2) is 11.6 Å². The Bertz CT molecular complexity index is 655. The van der Waals surface area contributed by atoms with Crippen molar-refractivity contribution in [2.45, 2.75) is 31.4 Å². The van der Waals surface area contributed by atoms with Crippen molar-refractivity contribution in [3.63, 3.8) is 0 Å². The van der Waals surface area contributed by atoms with Crippen LogP contribution in [-0.2, 0) is 14.3 Å². The summed E-state index contributed by atoms with van der Waals surface area (Å²) in [6.45, 7) is 1.66. The number of halogens is 2. The predicted octanol–water partition coefficient (Wildman–Crippen LogP) is 1.78. The Morgan fingerprint density at radius 3 is 2.55 bits per heavy atom. The summed E-state index contributed by atoms with van der Waals surface area (Å²) in [6.07, 6.45) is 0.289. The van der Waals surface area contributed by atoms with E-state index in [-0.39, 0.29) is 19.4 Å². The minimum atomic E-state index is -1.11. The van der Waals surface area contributed by atoms with Crippen molar-refractivity contribution in [1.29, 1.82) is 0 Å². The summed E-state index contributed by atoms with van der Waals surface area (Å²) < 4.78 is 31.5. The van der Waals surface area contributed by atoms with Crippen LogP contribution in [0.3, 0.4) is 0 Å². The molecule has 1 atom stereocenters. The van der Waals surface area contributed by atoms with E-state index in [1.54, 1.807) is 6.92 Å². The lowest BCUT2D eigenvalue weighted by Gasteiger charge is -2.40. The topological polar surface area (TPSA) is 75.6 Å². The fraction of sp³-hybridized carbons (Fsp3) is 0.467. The maximum atomic E-state index is 13.2. The van der Waals surface area contributed by atoms with Gasteiger partial charge >= 0.3 is 5.97 Å². The molecule has 0 radical (unpaired) electrons. The highest BCUT2D eigenvalue weighted by atomic mass is 19.2. The molecule has 1 unspecified atom stereocenters. The number of fused-ring (bicyclic) bond motifs is 1. The molecule has 3 fully saturated rings. The molecule has 1 saturated carbocycles. The molecule has 1 aromatic rings. The Hall–Kier alpha value is -2.02. The smallest absolute Gasteiger partial charge is 0.312 e. The first-order valence-corrected chi connectivity index (χ1v) is 6.91. The summed E-state index contributed by atoms with van der Waals surface area (Å²) in [7, 11) is 0. The molecule has 1 amide bonds. The third kappa shape index (κ3) is 2.08. The van der Waals surface area contributed by atoms with Gasteiger partial charge < -0.3 is 15.2 Å². The number of aliphatic carboxylic acids is 1. The number of carboxylic acid groups (broad SMARTS) is 1. The Labute approximate surface area is 125 Å². The van der Waals surface area contributed by atoms with Crippen LogP contribution in [0, 0.1) is 17.0 Å². The molecule has 2 N–H and O–H groups in total. The number of hydrogen-bond donors (Lipinski definition) is 2. The molecular weight excluding hydrogens is 296 g/mol. The van der Waals surface area contributed by atoms with Gasteiger partial charge in [0.25, 0.3) is 5.91 Å². The maximum Gasteiger partial charge on any atom is 0.312 e. The van der Waals surface area contributed by atoms with Gasteiger partial charge in [0.2, 0.25) is 0 Å². The second-order valence-electron chi connectivity index (χ2n) is 6.09. The van der Waals surface area contributed by atoms with Crippen molar-refractivity contribution < 1.29 is 28.2 Å². The van der Waals surface area contributed by atoms with Crippen molar-refractivity contribution in [2.24, 2.45) is 5.41 Å². The normalized spacial score (nSPS) is 30.5. The fourth-order valence-corrected chi connectivity index (χ4v) is 3.15. The Morgan fingerprint density at radius 2 is 2.00 bits per heavy atom. The molecule has 2 bridgehead atoms. The number of hydrogen-bond acceptors (Lipinski definition) is 3. The third-order valence-electron chi connectivity index (χ3n) is 4.53. The Kier molecular flexibility index (Phi) is 3.21. The van der Waals surface area contributed by atoms with E-state index >= 15 is 0 Å². The predicted molar refractivity (Wildman–Crippen MR) is 70.9 cm³/mol. The van der Waals surface area contributed by atoms with E-state index in [4.69, 9.17) is 9.84 Å². The van der Waals surface area contributed by atoms with Crippen molar-refractivity contribution in [1.82, 2.24) is 5.32 Å². The molecule has 0 spiro atoms.